The molecule has 0 fully saturated rings. The summed E-state index contributed by atoms with van der Waals surface area (Å²) in [5.41, 5.74) is 5.07. The van der Waals surface area contributed by atoms with Crippen molar-refractivity contribution in [2.75, 3.05) is 0 Å². The van der Waals surface area contributed by atoms with Gasteiger partial charge in [-0.1, -0.05) is 33.6 Å². The van der Waals surface area contributed by atoms with Crippen LogP contribution in [-0.2, 0) is 9.36 Å². The Morgan fingerprint density at radius 3 is 2.28 bits per heavy atom. The molecule has 4 N–H and O–H groups in total. The van der Waals surface area contributed by atoms with Crippen LogP contribution in [-0.4, -0.2) is 27.7 Å². The molecule has 0 bridgehead atoms. The maximum Gasteiger partial charge on any atom is 0.511 e. The zero-order chi connectivity index (χ0) is 14.3. The molecule has 0 aromatic heterocycles. The summed E-state index contributed by atoms with van der Waals surface area (Å²) in [6, 6.07) is -0.545. The Bertz CT molecular complexity index is 283. The maximum atomic E-state index is 11.4. The quantitative estimate of drug-likeness (QED) is 0.562. The van der Waals surface area contributed by atoms with Crippen LogP contribution < -0.4 is 5.73 Å². The Labute approximate surface area is 110 Å². The van der Waals surface area contributed by atoms with Gasteiger partial charge < -0.3 is 10.8 Å². The number of carbonyl (C=O) groups is 1. The van der Waals surface area contributed by atoms with Crippen molar-refractivity contribution in [2.24, 2.45) is 17.6 Å². The van der Waals surface area contributed by atoms with Gasteiger partial charge in [-0.3, -0.25) is 4.79 Å². The number of aliphatic carboxylic acids is 1. The molecule has 18 heavy (non-hydrogen) atoms. The van der Waals surface area contributed by atoms with E-state index in [1.165, 1.54) is 0 Å². The van der Waals surface area contributed by atoms with Crippen LogP contribution in [0.3, 0.4) is 0 Å². The van der Waals surface area contributed by atoms with Crippen LogP contribution in [0, 0.1) is 11.8 Å². The van der Waals surface area contributed by atoms with Crippen molar-refractivity contribution in [3.8, 4) is 0 Å². The molecule has 6 heteroatoms. The number of carboxylic acids is 1. The molecule has 0 amide bonds. The molecule has 0 aliphatic rings. The first-order valence-corrected chi connectivity index (χ1v) is 7.73. The van der Waals surface area contributed by atoms with Crippen molar-refractivity contribution in [2.45, 2.75) is 58.2 Å². The van der Waals surface area contributed by atoms with Crippen LogP contribution in [0.5, 0.6) is 0 Å². The van der Waals surface area contributed by atoms with Crippen LogP contribution in [0.1, 0.15) is 46.5 Å². The lowest BCUT2D eigenvalue weighted by molar-refractivity contribution is -0.142. The average Bonchev–Trinajstić information content (AvgIpc) is 2.21. The second-order valence-electron chi connectivity index (χ2n) is 5.17. The Morgan fingerprint density at radius 2 is 1.94 bits per heavy atom. The molecule has 0 radical (unpaired) electrons. The van der Waals surface area contributed by atoms with E-state index in [0.717, 1.165) is 12.8 Å². The van der Waals surface area contributed by atoms with Crippen LogP contribution >= 0.6 is 8.03 Å². The molecule has 4 atom stereocenters. The zero-order valence-electron chi connectivity index (χ0n) is 11.4. The Kier molecular flexibility index (Phi) is 8.32. The van der Waals surface area contributed by atoms with Gasteiger partial charge in [0.1, 0.15) is 5.92 Å². The predicted molar refractivity (Wildman–Crippen MR) is 71.7 cm³/mol. The highest BCUT2D eigenvalue weighted by molar-refractivity contribution is 7.39. The van der Waals surface area contributed by atoms with E-state index in [1.54, 1.807) is 0 Å². The van der Waals surface area contributed by atoms with Gasteiger partial charge in [-0.2, -0.15) is 4.89 Å². The number of rotatable bonds is 9. The smallest absolute Gasteiger partial charge is 0.481 e. The van der Waals surface area contributed by atoms with Gasteiger partial charge in [0.2, 0.25) is 5.66 Å². The van der Waals surface area contributed by atoms with Gasteiger partial charge in [-0.05, 0) is 23.3 Å². The normalized spacial score (nSPS) is 17.3. The molecular formula is C12H25NO4P+. The van der Waals surface area contributed by atoms with E-state index >= 15 is 0 Å². The lowest BCUT2D eigenvalue weighted by Crippen LogP contribution is -2.41. The molecule has 106 valence electrons. The van der Waals surface area contributed by atoms with Crippen molar-refractivity contribution < 1.29 is 19.4 Å². The minimum Gasteiger partial charge on any atom is -0.481 e. The number of hydrogen-bond donors (Lipinski definition) is 3. The first-order chi connectivity index (χ1) is 8.31. The van der Waals surface area contributed by atoms with Gasteiger partial charge in [-0.15, -0.1) is 0 Å². The number of nitrogens with two attached hydrogens (primary N) is 1. The Morgan fingerprint density at radius 1 is 1.39 bits per heavy atom. The molecule has 0 aromatic rings. The third-order valence-corrected chi connectivity index (χ3v) is 4.29. The highest BCUT2D eigenvalue weighted by Gasteiger charge is 2.45. The SMILES string of the molecule is CCCCC(C(=O)O)C(C(N)CC(C)C)[P+](=O)O. The Balaban J connectivity index is 4.90. The molecule has 5 nitrogen and oxygen atoms in total. The summed E-state index contributed by atoms with van der Waals surface area (Å²) in [7, 11) is -2.58. The molecule has 0 heterocycles. The van der Waals surface area contributed by atoms with Crippen LogP contribution in [0.15, 0.2) is 0 Å². The molecule has 0 aliphatic heterocycles. The first kappa shape index (κ1) is 17.5. The van der Waals surface area contributed by atoms with Crippen molar-refractivity contribution in [1.82, 2.24) is 0 Å². The summed E-state index contributed by atoms with van der Waals surface area (Å²) < 4.78 is 11.4. The summed E-state index contributed by atoms with van der Waals surface area (Å²) in [4.78, 5) is 20.6. The van der Waals surface area contributed by atoms with Gasteiger partial charge in [0.15, 0.2) is 0 Å². The van der Waals surface area contributed by atoms with Gasteiger partial charge in [0.25, 0.3) is 0 Å². The van der Waals surface area contributed by atoms with E-state index < -0.39 is 31.6 Å². The number of carboxylic acid groups (broad SMARTS) is 1. The minimum atomic E-state index is -2.58. The van der Waals surface area contributed by atoms with Gasteiger partial charge >= 0.3 is 14.0 Å². The second-order valence-corrected chi connectivity index (χ2v) is 6.37. The van der Waals surface area contributed by atoms with E-state index in [1.807, 2.05) is 20.8 Å². The molecule has 0 spiro atoms. The summed E-state index contributed by atoms with van der Waals surface area (Å²) in [6.45, 7) is 5.88. The molecule has 0 saturated carbocycles. The van der Waals surface area contributed by atoms with Crippen LogP contribution in [0.25, 0.3) is 0 Å². The molecule has 0 saturated heterocycles. The predicted octanol–water partition coefficient (Wildman–Crippen LogP) is 2.35. The molecule has 4 unspecified atom stereocenters. The van der Waals surface area contributed by atoms with Gasteiger partial charge in [0.05, 0.1) is 6.04 Å². The monoisotopic (exact) mass is 278 g/mol. The van der Waals surface area contributed by atoms with E-state index in [-0.39, 0.29) is 5.92 Å². The zero-order valence-corrected chi connectivity index (χ0v) is 12.3. The first-order valence-electron chi connectivity index (χ1n) is 6.44. The highest BCUT2D eigenvalue weighted by Crippen LogP contribution is 2.35. The number of unbranched alkanes of at least 4 members (excludes halogenated alkanes) is 1. The van der Waals surface area contributed by atoms with E-state index in [9.17, 15) is 19.4 Å². The van der Waals surface area contributed by atoms with Crippen molar-refractivity contribution in [1.29, 1.82) is 0 Å². The van der Waals surface area contributed by atoms with Crippen LogP contribution in [0.2, 0.25) is 0 Å². The maximum absolute atomic E-state index is 11.4. The fourth-order valence-electron chi connectivity index (χ4n) is 2.16. The molecule has 0 rings (SSSR count). The minimum absolute atomic E-state index is 0.276. The fourth-order valence-corrected chi connectivity index (χ4v) is 3.20. The molecular weight excluding hydrogens is 253 g/mol. The summed E-state index contributed by atoms with van der Waals surface area (Å²) in [5, 5.41) is 9.21. The number of hydrogen-bond acceptors (Lipinski definition) is 3. The standard InChI is InChI=1S/C12H24NO4P/c1-4-5-6-9(12(14)15)11(18(16)17)10(13)7-8(2)3/h8-11H,4-7,13H2,1-3H3,(H-,14,15,16,17)/p+1. The second kappa shape index (κ2) is 8.57. The van der Waals surface area contributed by atoms with Crippen molar-refractivity contribution in [3.63, 3.8) is 0 Å². The van der Waals surface area contributed by atoms with E-state index in [4.69, 9.17) is 5.73 Å². The largest absolute Gasteiger partial charge is 0.511 e. The van der Waals surface area contributed by atoms with E-state index in [2.05, 4.69) is 0 Å². The lowest BCUT2D eigenvalue weighted by Gasteiger charge is -2.21. The van der Waals surface area contributed by atoms with E-state index in [0.29, 0.717) is 12.8 Å². The summed E-state index contributed by atoms with van der Waals surface area (Å²) in [5.74, 6) is -1.57. The van der Waals surface area contributed by atoms with Gasteiger partial charge in [-0.25, -0.2) is 0 Å². The highest BCUT2D eigenvalue weighted by atomic mass is 31.1. The summed E-state index contributed by atoms with van der Waals surface area (Å²) >= 11 is 0. The third kappa shape index (κ3) is 5.89. The fraction of sp³-hybridized carbons (Fsp3) is 0.917. The lowest BCUT2D eigenvalue weighted by atomic mass is 9.90. The molecule has 0 aliphatic carbocycles. The van der Waals surface area contributed by atoms with Crippen LogP contribution in [0.4, 0.5) is 0 Å². The third-order valence-electron chi connectivity index (χ3n) is 3.04. The van der Waals surface area contributed by atoms with Crippen molar-refractivity contribution >= 4 is 14.0 Å². The average molecular weight is 278 g/mol. The Hall–Kier alpha value is -0.510. The summed E-state index contributed by atoms with van der Waals surface area (Å²) in [6.07, 6.45) is 2.55. The van der Waals surface area contributed by atoms with Gasteiger partial charge in [0, 0.05) is 0 Å². The van der Waals surface area contributed by atoms with Crippen molar-refractivity contribution in [3.05, 3.63) is 0 Å². The molecule has 0 aromatic carbocycles. The topological polar surface area (TPSA) is 101 Å².